The predicted octanol–water partition coefficient (Wildman–Crippen LogP) is 3.97. The molecule has 0 aliphatic carbocycles. The van der Waals surface area contributed by atoms with E-state index >= 15 is 0 Å². The van der Waals surface area contributed by atoms with Gasteiger partial charge in [0.1, 0.15) is 0 Å². The van der Waals surface area contributed by atoms with Gasteiger partial charge in [-0.1, -0.05) is 11.6 Å². The molecule has 0 saturated heterocycles. The smallest absolute Gasteiger partial charge is 0.310 e. The van der Waals surface area contributed by atoms with E-state index in [1.54, 1.807) is 18.2 Å². The Bertz CT molecular complexity index is 736. The second-order valence-electron chi connectivity index (χ2n) is 4.04. The minimum atomic E-state index is -0.731. The number of phenolic OH excluding ortho intramolecular Hbond substituents is 1. The fourth-order valence-corrected chi connectivity index (χ4v) is 2.02. The number of halogens is 2. The average molecular weight is 372 g/mol. The molecular formula is C13H8BrClN2O4. The number of rotatable bonds is 3. The molecule has 0 radical (unpaired) electrons. The van der Waals surface area contributed by atoms with E-state index in [1.807, 2.05) is 0 Å². The summed E-state index contributed by atoms with van der Waals surface area (Å²) >= 11 is 9.14. The highest BCUT2D eigenvalue weighted by Crippen LogP contribution is 2.28. The number of hydrogen-bond donors (Lipinski definition) is 2. The monoisotopic (exact) mass is 370 g/mol. The van der Waals surface area contributed by atoms with Crippen LogP contribution in [-0.4, -0.2) is 15.9 Å². The summed E-state index contributed by atoms with van der Waals surface area (Å²) in [6.07, 6.45) is 0. The molecule has 0 aliphatic heterocycles. The maximum absolute atomic E-state index is 12.0. The summed E-state index contributed by atoms with van der Waals surface area (Å²) in [4.78, 5) is 21.9. The predicted molar refractivity (Wildman–Crippen MR) is 81.9 cm³/mol. The molecule has 0 saturated carbocycles. The van der Waals surface area contributed by atoms with Crippen LogP contribution in [0.1, 0.15) is 10.4 Å². The molecular weight excluding hydrogens is 364 g/mol. The molecule has 8 heteroatoms. The van der Waals surface area contributed by atoms with E-state index in [0.29, 0.717) is 15.2 Å². The van der Waals surface area contributed by atoms with E-state index in [4.69, 9.17) is 11.6 Å². The number of aromatic hydroxyl groups is 1. The minimum absolute atomic E-state index is 0.0946. The minimum Gasteiger partial charge on any atom is -0.502 e. The number of nitro groups is 1. The van der Waals surface area contributed by atoms with E-state index in [-0.39, 0.29) is 5.56 Å². The first-order valence-electron chi connectivity index (χ1n) is 5.62. The maximum Gasteiger partial charge on any atom is 0.310 e. The van der Waals surface area contributed by atoms with Gasteiger partial charge in [0.15, 0.2) is 5.75 Å². The fourth-order valence-electron chi connectivity index (χ4n) is 1.60. The van der Waals surface area contributed by atoms with Gasteiger partial charge in [0.2, 0.25) is 0 Å². The Kier molecular flexibility index (Phi) is 4.44. The standard InChI is InChI=1S/C13H8BrClN2O4/c14-9-3-2-8(6-10(9)15)16-13(19)7-1-4-11(17(20)21)12(18)5-7/h1-6,18H,(H,16,19). The zero-order valence-electron chi connectivity index (χ0n) is 10.3. The molecule has 6 nitrogen and oxygen atoms in total. The molecule has 0 atom stereocenters. The van der Waals surface area contributed by atoms with Gasteiger partial charge in [0, 0.05) is 21.8 Å². The number of hydrogen-bond acceptors (Lipinski definition) is 4. The van der Waals surface area contributed by atoms with Crippen molar-refractivity contribution in [1.82, 2.24) is 0 Å². The highest BCUT2D eigenvalue weighted by molar-refractivity contribution is 9.10. The van der Waals surface area contributed by atoms with Gasteiger partial charge in [-0.05, 0) is 46.3 Å². The number of amides is 1. The summed E-state index contributed by atoms with van der Waals surface area (Å²) in [5, 5.41) is 23.1. The van der Waals surface area contributed by atoms with Gasteiger partial charge in [-0.15, -0.1) is 0 Å². The van der Waals surface area contributed by atoms with Gasteiger partial charge >= 0.3 is 5.69 Å². The van der Waals surface area contributed by atoms with Crippen molar-refractivity contribution >= 4 is 44.8 Å². The normalized spacial score (nSPS) is 10.2. The van der Waals surface area contributed by atoms with Crippen LogP contribution in [0, 0.1) is 10.1 Å². The lowest BCUT2D eigenvalue weighted by Gasteiger charge is -2.07. The SMILES string of the molecule is O=C(Nc1ccc(Br)c(Cl)c1)c1ccc([N+](=O)[O-])c(O)c1. The third kappa shape index (κ3) is 3.50. The lowest BCUT2D eigenvalue weighted by atomic mass is 10.1. The van der Waals surface area contributed by atoms with Gasteiger partial charge in [-0.25, -0.2) is 0 Å². The van der Waals surface area contributed by atoms with Crippen LogP contribution < -0.4 is 5.32 Å². The first kappa shape index (κ1) is 15.3. The van der Waals surface area contributed by atoms with Crippen LogP contribution in [0.15, 0.2) is 40.9 Å². The highest BCUT2D eigenvalue weighted by Gasteiger charge is 2.16. The Hall–Kier alpha value is -2.12. The van der Waals surface area contributed by atoms with E-state index in [9.17, 15) is 20.0 Å². The van der Waals surface area contributed by atoms with Crippen molar-refractivity contribution in [1.29, 1.82) is 0 Å². The first-order valence-corrected chi connectivity index (χ1v) is 6.79. The van der Waals surface area contributed by atoms with Crippen molar-refractivity contribution in [3.8, 4) is 5.75 Å². The van der Waals surface area contributed by atoms with Crippen LogP contribution in [0.3, 0.4) is 0 Å². The number of carbonyl (C=O) groups is 1. The van der Waals surface area contributed by atoms with Crippen molar-refractivity contribution in [3.63, 3.8) is 0 Å². The summed E-state index contributed by atoms with van der Waals surface area (Å²) in [7, 11) is 0. The Morgan fingerprint density at radius 3 is 2.57 bits per heavy atom. The lowest BCUT2D eigenvalue weighted by molar-refractivity contribution is -0.385. The van der Waals surface area contributed by atoms with Crippen molar-refractivity contribution in [3.05, 3.63) is 61.6 Å². The second-order valence-corrected chi connectivity index (χ2v) is 5.31. The molecule has 0 heterocycles. The van der Waals surface area contributed by atoms with Crippen LogP contribution in [-0.2, 0) is 0 Å². The molecule has 108 valence electrons. The molecule has 0 unspecified atom stereocenters. The van der Waals surface area contributed by atoms with Gasteiger partial charge in [-0.3, -0.25) is 14.9 Å². The average Bonchev–Trinajstić information content (AvgIpc) is 2.42. The zero-order valence-corrected chi connectivity index (χ0v) is 12.7. The number of anilines is 1. The second kappa shape index (κ2) is 6.11. The fraction of sp³-hybridized carbons (Fsp3) is 0. The van der Waals surface area contributed by atoms with Crippen molar-refractivity contribution < 1.29 is 14.8 Å². The van der Waals surface area contributed by atoms with Gasteiger partial charge in [0.25, 0.3) is 5.91 Å². The number of carbonyl (C=O) groups excluding carboxylic acids is 1. The molecule has 0 aliphatic rings. The maximum atomic E-state index is 12.0. The molecule has 2 rings (SSSR count). The van der Waals surface area contributed by atoms with Crippen LogP contribution in [0.4, 0.5) is 11.4 Å². The van der Waals surface area contributed by atoms with E-state index in [2.05, 4.69) is 21.2 Å². The van der Waals surface area contributed by atoms with Crippen molar-refractivity contribution in [2.24, 2.45) is 0 Å². The van der Waals surface area contributed by atoms with Crippen LogP contribution in [0.5, 0.6) is 5.75 Å². The molecule has 0 bridgehead atoms. The van der Waals surface area contributed by atoms with E-state index < -0.39 is 22.3 Å². The van der Waals surface area contributed by atoms with Crippen LogP contribution >= 0.6 is 27.5 Å². The quantitative estimate of drug-likeness (QED) is 0.631. The largest absolute Gasteiger partial charge is 0.502 e. The summed E-state index contributed by atoms with van der Waals surface area (Å²) in [5.74, 6) is -1.08. The number of nitro benzene ring substituents is 1. The van der Waals surface area contributed by atoms with E-state index in [1.165, 1.54) is 6.07 Å². The number of phenols is 1. The number of benzene rings is 2. The first-order chi connectivity index (χ1) is 9.88. The molecule has 0 fully saturated rings. The molecule has 0 aromatic heterocycles. The Labute approximate surface area is 132 Å². The van der Waals surface area contributed by atoms with Crippen LogP contribution in [0.25, 0.3) is 0 Å². The van der Waals surface area contributed by atoms with E-state index in [0.717, 1.165) is 12.1 Å². The van der Waals surface area contributed by atoms with Crippen molar-refractivity contribution in [2.75, 3.05) is 5.32 Å². The molecule has 1 amide bonds. The van der Waals surface area contributed by atoms with Gasteiger partial charge < -0.3 is 10.4 Å². The number of nitrogens with one attached hydrogen (secondary N) is 1. The van der Waals surface area contributed by atoms with Gasteiger partial charge in [-0.2, -0.15) is 0 Å². The molecule has 2 aromatic carbocycles. The topological polar surface area (TPSA) is 92.5 Å². The van der Waals surface area contributed by atoms with Gasteiger partial charge in [0.05, 0.1) is 9.95 Å². The Morgan fingerprint density at radius 2 is 2.00 bits per heavy atom. The lowest BCUT2D eigenvalue weighted by Crippen LogP contribution is -2.11. The molecule has 21 heavy (non-hydrogen) atoms. The number of nitrogens with zero attached hydrogens (tertiary/aromatic N) is 1. The molecule has 2 aromatic rings. The summed E-state index contributed by atoms with van der Waals surface area (Å²) < 4.78 is 0.690. The summed E-state index contributed by atoms with van der Waals surface area (Å²) in [6, 6.07) is 8.22. The Balaban J connectivity index is 2.22. The highest BCUT2D eigenvalue weighted by atomic mass is 79.9. The molecule has 2 N–H and O–H groups in total. The van der Waals surface area contributed by atoms with Crippen LogP contribution in [0.2, 0.25) is 5.02 Å². The zero-order chi connectivity index (χ0) is 15.6. The summed E-state index contributed by atoms with van der Waals surface area (Å²) in [6.45, 7) is 0. The Morgan fingerprint density at radius 1 is 1.29 bits per heavy atom. The summed E-state index contributed by atoms with van der Waals surface area (Å²) in [5.41, 5.74) is 0.0985. The third-order valence-corrected chi connectivity index (χ3v) is 3.84. The van der Waals surface area contributed by atoms with Crippen molar-refractivity contribution in [2.45, 2.75) is 0 Å². The third-order valence-electron chi connectivity index (χ3n) is 2.61. The molecule has 0 spiro atoms.